The summed E-state index contributed by atoms with van der Waals surface area (Å²) in [5.74, 6) is 0.867. The molecule has 24 heavy (non-hydrogen) atoms. The van der Waals surface area contributed by atoms with E-state index in [-0.39, 0.29) is 0 Å². The molecule has 0 saturated heterocycles. The van der Waals surface area contributed by atoms with E-state index in [1.807, 2.05) is 12.1 Å². The minimum atomic E-state index is 0.295. The molecule has 0 radical (unpaired) electrons. The fourth-order valence-electron chi connectivity index (χ4n) is 2.74. The van der Waals surface area contributed by atoms with Gasteiger partial charge in [-0.05, 0) is 50.5 Å². The van der Waals surface area contributed by atoms with Crippen molar-refractivity contribution < 1.29 is 4.74 Å². The zero-order valence-corrected chi connectivity index (χ0v) is 14.8. The number of hydrogen-bond acceptors (Lipinski definition) is 3. The van der Waals surface area contributed by atoms with Gasteiger partial charge in [0.15, 0.2) is 0 Å². The van der Waals surface area contributed by atoms with E-state index in [4.69, 9.17) is 10.00 Å². The van der Waals surface area contributed by atoms with Gasteiger partial charge in [0.05, 0.1) is 12.7 Å². The van der Waals surface area contributed by atoms with Gasteiger partial charge >= 0.3 is 0 Å². The largest absolute Gasteiger partial charge is 0.494 e. The summed E-state index contributed by atoms with van der Waals surface area (Å²) in [6.45, 7) is 7.84. The van der Waals surface area contributed by atoms with Crippen LogP contribution in [0.3, 0.4) is 0 Å². The molecule has 1 N–H and O–H groups in total. The number of rotatable bonds is 8. The van der Waals surface area contributed by atoms with E-state index in [1.165, 1.54) is 22.3 Å². The molecule has 2 aromatic carbocycles. The van der Waals surface area contributed by atoms with Crippen molar-refractivity contribution in [2.24, 2.45) is 0 Å². The fourth-order valence-corrected chi connectivity index (χ4v) is 2.74. The molecule has 0 aromatic heterocycles. The lowest BCUT2D eigenvalue weighted by molar-refractivity contribution is 0.312. The molecular formula is C21H26N2O. The Balaban J connectivity index is 1.90. The summed E-state index contributed by atoms with van der Waals surface area (Å²) < 4.78 is 5.69. The van der Waals surface area contributed by atoms with Gasteiger partial charge in [0.2, 0.25) is 0 Å². The van der Waals surface area contributed by atoms with Crippen molar-refractivity contribution in [2.75, 3.05) is 6.61 Å². The minimum absolute atomic E-state index is 0.295. The van der Waals surface area contributed by atoms with Crippen molar-refractivity contribution in [1.82, 2.24) is 5.32 Å². The molecule has 1 unspecified atom stereocenters. The zero-order chi connectivity index (χ0) is 17.4. The maximum absolute atomic E-state index is 8.54. The monoisotopic (exact) mass is 322 g/mol. The maximum Gasteiger partial charge on any atom is 0.119 e. The summed E-state index contributed by atoms with van der Waals surface area (Å²) in [5, 5.41) is 12.1. The zero-order valence-electron chi connectivity index (χ0n) is 14.8. The number of nitrogens with zero attached hydrogens (tertiary/aromatic N) is 1. The van der Waals surface area contributed by atoms with E-state index in [0.29, 0.717) is 19.1 Å². The first kappa shape index (κ1) is 18.0. The summed E-state index contributed by atoms with van der Waals surface area (Å²) in [5.41, 5.74) is 5.11. The number of unbranched alkanes of at least 4 members (excludes halogenated alkanes) is 1. The van der Waals surface area contributed by atoms with Gasteiger partial charge in [-0.25, -0.2) is 0 Å². The van der Waals surface area contributed by atoms with Crippen LogP contribution in [0.15, 0.2) is 42.5 Å². The topological polar surface area (TPSA) is 45.0 Å². The van der Waals surface area contributed by atoms with Crippen LogP contribution in [0.2, 0.25) is 0 Å². The number of hydrogen-bond donors (Lipinski definition) is 1. The Bertz CT molecular complexity index is 683. The Kier molecular flexibility index (Phi) is 6.84. The molecular weight excluding hydrogens is 296 g/mol. The Morgan fingerprint density at radius 2 is 1.88 bits per heavy atom. The van der Waals surface area contributed by atoms with Gasteiger partial charge < -0.3 is 10.1 Å². The third-order valence-electron chi connectivity index (χ3n) is 3.96. The fraction of sp³-hybridized carbons (Fsp3) is 0.381. The van der Waals surface area contributed by atoms with E-state index in [1.54, 1.807) is 0 Å². The molecule has 0 bridgehead atoms. The second-order valence-corrected chi connectivity index (χ2v) is 6.28. The van der Waals surface area contributed by atoms with Crippen LogP contribution < -0.4 is 10.1 Å². The number of benzene rings is 2. The molecule has 0 amide bonds. The molecule has 0 aliphatic rings. The van der Waals surface area contributed by atoms with E-state index in [9.17, 15) is 0 Å². The standard InChI is InChI=1S/C21H26N2O/c1-16-11-17(2)13-20(12-16)18(3)23-15-19-7-6-8-21(14-19)24-10-5-4-9-22/h6-8,11-14,18,23H,4-5,10,15H2,1-3H3. The molecule has 0 fully saturated rings. The highest BCUT2D eigenvalue weighted by Gasteiger charge is 2.06. The summed E-state index contributed by atoms with van der Waals surface area (Å²) in [7, 11) is 0. The van der Waals surface area contributed by atoms with Crippen LogP contribution >= 0.6 is 0 Å². The summed E-state index contributed by atoms with van der Waals surface area (Å²) >= 11 is 0. The van der Waals surface area contributed by atoms with Crippen molar-refractivity contribution in [3.8, 4) is 11.8 Å². The molecule has 126 valence electrons. The number of aryl methyl sites for hydroxylation is 2. The molecule has 3 heteroatoms. The molecule has 0 spiro atoms. The molecule has 0 saturated carbocycles. The molecule has 1 atom stereocenters. The van der Waals surface area contributed by atoms with Crippen LogP contribution in [0.1, 0.15) is 48.1 Å². The van der Waals surface area contributed by atoms with Crippen molar-refractivity contribution in [2.45, 2.75) is 46.2 Å². The lowest BCUT2D eigenvalue weighted by atomic mass is 10.0. The van der Waals surface area contributed by atoms with E-state index >= 15 is 0 Å². The van der Waals surface area contributed by atoms with Gasteiger partial charge in [-0.2, -0.15) is 5.26 Å². The SMILES string of the molecule is Cc1cc(C)cc(C(C)NCc2cccc(OCCCC#N)c2)c1. The second-order valence-electron chi connectivity index (χ2n) is 6.28. The highest BCUT2D eigenvalue weighted by atomic mass is 16.5. The highest BCUT2D eigenvalue weighted by molar-refractivity contribution is 5.31. The third kappa shape index (κ3) is 5.72. The Morgan fingerprint density at radius 1 is 1.12 bits per heavy atom. The first-order valence-corrected chi connectivity index (χ1v) is 8.49. The lowest BCUT2D eigenvalue weighted by Gasteiger charge is -2.16. The summed E-state index contributed by atoms with van der Waals surface area (Å²) in [6, 6.07) is 17.2. The van der Waals surface area contributed by atoms with E-state index in [2.05, 4.69) is 62.5 Å². The Hall–Kier alpha value is -2.31. The van der Waals surface area contributed by atoms with Crippen LogP contribution in [0.4, 0.5) is 0 Å². The number of nitrogens with one attached hydrogen (secondary N) is 1. The van der Waals surface area contributed by atoms with Gasteiger partial charge in [0, 0.05) is 19.0 Å². The Morgan fingerprint density at radius 3 is 2.58 bits per heavy atom. The third-order valence-corrected chi connectivity index (χ3v) is 3.96. The lowest BCUT2D eigenvalue weighted by Crippen LogP contribution is -2.18. The van der Waals surface area contributed by atoms with Crippen molar-refractivity contribution in [3.63, 3.8) is 0 Å². The van der Waals surface area contributed by atoms with Gasteiger partial charge in [-0.3, -0.25) is 0 Å². The quantitative estimate of drug-likeness (QED) is 0.708. The first-order chi connectivity index (χ1) is 11.6. The molecule has 2 rings (SSSR count). The van der Waals surface area contributed by atoms with Crippen LogP contribution in [0.5, 0.6) is 5.75 Å². The van der Waals surface area contributed by atoms with Crippen molar-refractivity contribution in [3.05, 3.63) is 64.7 Å². The van der Waals surface area contributed by atoms with Gasteiger partial charge in [-0.15, -0.1) is 0 Å². The molecule has 0 aliphatic carbocycles. The summed E-state index contributed by atoms with van der Waals surface area (Å²) in [6.07, 6.45) is 1.30. The maximum atomic E-state index is 8.54. The normalized spacial score (nSPS) is 11.8. The Labute approximate surface area is 145 Å². The van der Waals surface area contributed by atoms with Crippen LogP contribution in [0.25, 0.3) is 0 Å². The minimum Gasteiger partial charge on any atom is -0.494 e. The smallest absolute Gasteiger partial charge is 0.119 e. The molecule has 3 nitrogen and oxygen atoms in total. The number of ether oxygens (including phenoxy) is 1. The van der Waals surface area contributed by atoms with Crippen LogP contribution in [-0.4, -0.2) is 6.61 Å². The molecule has 2 aromatic rings. The second kappa shape index (κ2) is 9.10. The van der Waals surface area contributed by atoms with Gasteiger partial charge in [0.1, 0.15) is 5.75 Å². The molecule has 0 aliphatic heterocycles. The van der Waals surface area contributed by atoms with Crippen LogP contribution in [0, 0.1) is 25.2 Å². The van der Waals surface area contributed by atoms with E-state index < -0.39 is 0 Å². The number of nitriles is 1. The molecule has 0 heterocycles. The van der Waals surface area contributed by atoms with Gasteiger partial charge in [0.25, 0.3) is 0 Å². The van der Waals surface area contributed by atoms with Gasteiger partial charge in [-0.1, -0.05) is 41.5 Å². The van der Waals surface area contributed by atoms with Crippen LogP contribution in [-0.2, 0) is 6.54 Å². The predicted octanol–water partition coefficient (Wildman–Crippen LogP) is 4.84. The summed E-state index contributed by atoms with van der Waals surface area (Å²) in [4.78, 5) is 0. The predicted molar refractivity (Wildman–Crippen MR) is 98.0 cm³/mol. The first-order valence-electron chi connectivity index (χ1n) is 8.49. The van der Waals surface area contributed by atoms with Crippen molar-refractivity contribution >= 4 is 0 Å². The highest BCUT2D eigenvalue weighted by Crippen LogP contribution is 2.18. The van der Waals surface area contributed by atoms with Crippen molar-refractivity contribution in [1.29, 1.82) is 5.26 Å². The average Bonchev–Trinajstić information content (AvgIpc) is 2.56. The van der Waals surface area contributed by atoms with E-state index in [0.717, 1.165) is 18.7 Å². The average molecular weight is 322 g/mol.